The lowest BCUT2D eigenvalue weighted by molar-refractivity contribution is -0.394. The van der Waals surface area contributed by atoms with E-state index in [2.05, 4.69) is 0 Å². The fraction of sp³-hybridized carbons (Fsp3) is 0.278. The van der Waals surface area contributed by atoms with Gasteiger partial charge in [-0.1, -0.05) is 44.2 Å². The number of esters is 1. The molecule has 2 aromatic rings. The third-order valence-electron chi connectivity index (χ3n) is 4.10. The number of hydrogen-bond donors (Lipinski definition) is 0. The second kappa shape index (κ2) is 8.19. The van der Waals surface area contributed by atoms with Crippen molar-refractivity contribution in [3.05, 3.63) is 79.9 Å². The fourth-order valence-electron chi connectivity index (χ4n) is 2.64. The van der Waals surface area contributed by atoms with Crippen LogP contribution in [0.2, 0.25) is 0 Å². The molecule has 0 saturated carbocycles. The minimum absolute atomic E-state index is 0.0983. The van der Waals surface area contributed by atoms with Crippen molar-refractivity contribution in [1.29, 1.82) is 0 Å². The van der Waals surface area contributed by atoms with Gasteiger partial charge in [-0.05, 0) is 12.0 Å². The van der Waals surface area contributed by atoms with Gasteiger partial charge in [0.2, 0.25) is 0 Å². The number of benzene rings is 2. The van der Waals surface area contributed by atoms with Crippen molar-refractivity contribution in [3.63, 3.8) is 0 Å². The monoisotopic (exact) mass is 358 g/mol. The molecule has 26 heavy (non-hydrogen) atoms. The zero-order chi connectivity index (χ0) is 19.3. The lowest BCUT2D eigenvalue weighted by Crippen LogP contribution is -2.23. The van der Waals surface area contributed by atoms with E-state index in [1.807, 2.05) is 44.2 Å². The van der Waals surface area contributed by atoms with Crippen molar-refractivity contribution in [2.45, 2.75) is 32.3 Å². The molecule has 8 nitrogen and oxygen atoms in total. The first-order chi connectivity index (χ1) is 12.3. The van der Waals surface area contributed by atoms with Crippen molar-refractivity contribution in [2.75, 3.05) is 0 Å². The molecule has 136 valence electrons. The Morgan fingerprint density at radius 3 is 2.04 bits per heavy atom. The molecule has 0 aliphatic heterocycles. The third-order valence-corrected chi connectivity index (χ3v) is 4.10. The topological polar surface area (TPSA) is 113 Å². The molecule has 2 atom stereocenters. The van der Waals surface area contributed by atoms with Gasteiger partial charge in [-0.25, -0.2) is 4.79 Å². The summed E-state index contributed by atoms with van der Waals surface area (Å²) in [6.07, 6.45) is 0.0574. The van der Waals surface area contributed by atoms with Crippen LogP contribution in [0.25, 0.3) is 0 Å². The van der Waals surface area contributed by atoms with Crippen molar-refractivity contribution >= 4 is 17.3 Å². The standard InChI is InChI=1S/C18H18N2O6/c1-3-17(12(2)13-7-5-4-6-8-13)26-18(21)14-9-15(19(22)23)11-16(10-14)20(24)25/h4-12,17H,3H2,1-2H3/t12-,17-/m0/s1. The Morgan fingerprint density at radius 1 is 1.04 bits per heavy atom. The van der Waals surface area contributed by atoms with E-state index >= 15 is 0 Å². The van der Waals surface area contributed by atoms with Crippen LogP contribution in [0.15, 0.2) is 48.5 Å². The molecule has 0 amide bonds. The van der Waals surface area contributed by atoms with Crippen LogP contribution < -0.4 is 0 Å². The lowest BCUT2D eigenvalue weighted by atomic mass is 9.94. The zero-order valence-electron chi connectivity index (χ0n) is 14.3. The Bertz CT molecular complexity index is 789. The largest absolute Gasteiger partial charge is 0.458 e. The van der Waals surface area contributed by atoms with Gasteiger partial charge < -0.3 is 4.74 Å². The Hall–Kier alpha value is -3.29. The Labute approximate surface area is 149 Å². The van der Waals surface area contributed by atoms with Crippen molar-refractivity contribution in [2.24, 2.45) is 0 Å². The zero-order valence-corrected chi connectivity index (χ0v) is 14.3. The van der Waals surface area contributed by atoms with Crippen LogP contribution in [0.1, 0.15) is 42.1 Å². The van der Waals surface area contributed by atoms with E-state index in [-0.39, 0.29) is 11.5 Å². The number of ether oxygens (including phenoxy) is 1. The summed E-state index contributed by atoms with van der Waals surface area (Å²) in [5.41, 5.74) is -0.299. The molecule has 0 saturated heterocycles. The highest BCUT2D eigenvalue weighted by Crippen LogP contribution is 2.27. The molecule has 0 aliphatic rings. The van der Waals surface area contributed by atoms with Crippen LogP contribution >= 0.6 is 0 Å². The van der Waals surface area contributed by atoms with E-state index in [1.54, 1.807) is 0 Å². The molecule has 8 heteroatoms. The third kappa shape index (κ3) is 4.41. The molecule has 2 rings (SSSR count). The molecule has 0 N–H and O–H groups in total. The molecule has 2 aromatic carbocycles. The Kier molecular flexibility index (Phi) is 6.00. The maximum Gasteiger partial charge on any atom is 0.338 e. The molecule has 0 spiro atoms. The minimum Gasteiger partial charge on any atom is -0.458 e. The molecule has 0 fully saturated rings. The van der Waals surface area contributed by atoms with Gasteiger partial charge in [0.1, 0.15) is 6.10 Å². The van der Waals surface area contributed by atoms with Crippen molar-refractivity contribution in [1.82, 2.24) is 0 Å². The second-order valence-corrected chi connectivity index (χ2v) is 5.80. The van der Waals surface area contributed by atoms with Crippen LogP contribution in [0.4, 0.5) is 11.4 Å². The van der Waals surface area contributed by atoms with Gasteiger partial charge in [0.25, 0.3) is 11.4 Å². The van der Waals surface area contributed by atoms with E-state index in [1.165, 1.54) is 0 Å². The fourth-order valence-corrected chi connectivity index (χ4v) is 2.64. The lowest BCUT2D eigenvalue weighted by Gasteiger charge is -2.23. The van der Waals surface area contributed by atoms with Gasteiger partial charge in [0.15, 0.2) is 0 Å². The summed E-state index contributed by atoms with van der Waals surface area (Å²) < 4.78 is 5.49. The summed E-state index contributed by atoms with van der Waals surface area (Å²) in [6.45, 7) is 3.76. The molecule has 0 bridgehead atoms. The number of rotatable bonds is 7. The summed E-state index contributed by atoms with van der Waals surface area (Å²) in [5, 5.41) is 21.9. The maximum absolute atomic E-state index is 12.4. The summed E-state index contributed by atoms with van der Waals surface area (Å²) in [4.78, 5) is 32.8. The quantitative estimate of drug-likeness (QED) is 0.415. The van der Waals surface area contributed by atoms with Gasteiger partial charge >= 0.3 is 5.97 Å². The molecular weight excluding hydrogens is 340 g/mol. The Balaban J connectivity index is 2.27. The van der Waals surface area contributed by atoms with E-state index in [0.29, 0.717) is 6.42 Å². The molecule has 0 unspecified atom stereocenters. The number of nitrogens with zero attached hydrogens (tertiary/aromatic N) is 2. The smallest absolute Gasteiger partial charge is 0.338 e. The summed E-state index contributed by atoms with van der Waals surface area (Å²) in [7, 11) is 0. The highest BCUT2D eigenvalue weighted by Gasteiger charge is 2.25. The average Bonchev–Trinajstić information content (AvgIpc) is 2.65. The summed E-state index contributed by atoms with van der Waals surface area (Å²) >= 11 is 0. The SMILES string of the molecule is CC[C@H](OC(=O)c1cc([N+](=O)[O-])cc([N+](=O)[O-])c1)[C@@H](C)c1ccccc1. The first-order valence-corrected chi connectivity index (χ1v) is 8.03. The number of carbonyl (C=O) groups excluding carboxylic acids is 1. The minimum atomic E-state index is -0.827. The first kappa shape index (κ1) is 19.0. The highest BCUT2D eigenvalue weighted by atomic mass is 16.6. The van der Waals surface area contributed by atoms with Gasteiger partial charge in [0, 0.05) is 18.1 Å². The number of non-ortho nitro benzene ring substituents is 2. The van der Waals surface area contributed by atoms with E-state index < -0.39 is 33.3 Å². The number of carbonyl (C=O) groups is 1. The second-order valence-electron chi connectivity index (χ2n) is 5.80. The van der Waals surface area contributed by atoms with Crippen LogP contribution in [-0.4, -0.2) is 21.9 Å². The normalized spacial score (nSPS) is 12.8. The van der Waals surface area contributed by atoms with E-state index in [9.17, 15) is 25.0 Å². The van der Waals surface area contributed by atoms with Crippen molar-refractivity contribution < 1.29 is 19.4 Å². The van der Waals surface area contributed by atoms with Crippen LogP contribution in [0.3, 0.4) is 0 Å². The van der Waals surface area contributed by atoms with Crippen LogP contribution in [0.5, 0.6) is 0 Å². The number of hydrogen-bond acceptors (Lipinski definition) is 6. The van der Waals surface area contributed by atoms with Crippen LogP contribution in [0, 0.1) is 20.2 Å². The summed E-state index contributed by atoms with van der Waals surface area (Å²) in [5.74, 6) is -0.926. The van der Waals surface area contributed by atoms with E-state index in [0.717, 1.165) is 23.8 Å². The van der Waals surface area contributed by atoms with Gasteiger partial charge in [-0.2, -0.15) is 0 Å². The van der Waals surface area contributed by atoms with Crippen LogP contribution in [-0.2, 0) is 4.74 Å². The number of nitro benzene ring substituents is 2. The van der Waals surface area contributed by atoms with Crippen molar-refractivity contribution in [3.8, 4) is 0 Å². The molecule has 0 heterocycles. The average molecular weight is 358 g/mol. The molecule has 0 aliphatic carbocycles. The highest BCUT2D eigenvalue weighted by molar-refractivity contribution is 5.91. The molecule has 0 aromatic heterocycles. The van der Waals surface area contributed by atoms with Gasteiger partial charge in [-0.15, -0.1) is 0 Å². The Morgan fingerprint density at radius 2 is 1.58 bits per heavy atom. The predicted octanol–water partition coefficient (Wildman–Crippen LogP) is 4.24. The van der Waals surface area contributed by atoms with E-state index in [4.69, 9.17) is 4.74 Å². The predicted molar refractivity (Wildman–Crippen MR) is 94.1 cm³/mol. The molecular formula is C18H18N2O6. The van der Waals surface area contributed by atoms with Gasteiger partial charge in [-0.3, -0.25) is 20.2 Å². The molecule has 0 radical (unpaired) electrons. The number of nitro groups is 2. The first-order valence-electron chi connectivity index (χ1n) is 8.03. The van der Waals surface area contributed by atoms with Gasteiger partial charge in [0.05, 0.1) is 21.5 Å². The summed E-state index contributed by atoms with van der Waals surface area (Å²) in [6, 6.07) is 12.2. The maximum atomic E-state index is 12.4.